The first-order chi connectivity index (χ1) is 15.4. The van der Waals surface area contributed by atoms with Gasteiger partial charge in [0.2, 0.25) is 12.0 Å². The molecule has 1 aromatic rings. The van der Waals surface area contributed by atoms with Crippen molar-refractivity contribution >= 4 is 5.78 Å². The van der Waals surface area contributed by atoms with Gasteiger partial charge in [-0.2, -0.15) is 0 Å². The smallest absolute Gasteiger partial charge is 0.229 e. The number of phenols is 3. The summed E-state index contributed by atoms with van der Waals surface area (Å²) in [6.07, 6.45) is -15.7. The molecule has 14 heteroatoms. The van der Waals surface area contributed by atoms with Gasteiger partial charge in [-0.15, -0.1) is 0 Å². The van der Waals surface area contributed by atoms with Gasteiger partial charge in [0.25, 0.3) is 0 Å². The minimum atomic E-state index is -1.95. The van der Waals surface area contributed by atoms with E-state index in [9.17, 15) is 55.9 Å². The van der Waals surface area contributed by atoms with Gasteiger partial charge in [0.1, 0.15) is 60.1 Å². The van der Waals surface area contributed by atoms with Crippen molar-refractivity contribution in [1.29, 1.82) is 0 Å². The fraction of sp³-hybridized carbons (Fsp3) is 0.632. The number of ketones is 1. The Bertz CT molecular complexity index is 888. The minimum Gasteiger partial charge on any atom is -0.507 e. The monoisotopic (exact) mass is 478 g/mol. The summed E-state index contributed by atoms with van der Waals surface area (Å²) in [5.74, 6) is -5.04. The summed E-state index contributed by atoms with van der Waals surface area (Å²) in [7, 11) is 0. The Kier molecular flexibility index (Phi) is 7.33. The lowest BCUT2D eigenvalue weighted by Gasteiger charge is -2.40. The van der Waals surface area contributed by atoms with Crippen molar-refractivity contribution < 1.29 is 70.1 Å². The maximum absolute atomic E-state index is 12.1. The van der Waals surface area contributed by atoms with E-state index >= 15 is 0 Å². The van der Waals surface area contributed by atoms with Gasteiger partial charge in [0, 0.05) is 0 Å². The van der Waals surface area contributed by atoms with Crippen molar-refractivity contribution in [2.75, 3.05) is 13.2 Å². The first-order valence-corrected chi connectivity index (χ1v) is 9.86. The Labute approximate surface area is 186 Å². The third-order valence-electron chi connectivity index (χ3n) is 5.63. The van der Waals surface area contributed by atoms with Gasteiger partial charge in [-0.05, 0) is 6.92 Å². The van der Waals surface area contributed by atoms with E-state index in [-0.39, 0.29) is 0 Å². The lowest BCUT2D eigenvalue weighted by atomic mass is 9.90. The number of hydrogen-bond donors (Lipinski definition) is 10. The minimum absolute atomic E-state index is 0.527. The zero-order chi connectivity index (χ0) is 24.8. The first-order valence-electron chi connectivity index (χ1n) is 9.86. The molecular weight excluding hydrogens is 452 g/mol. The first kappa shape index (κ1) is 25.4. The van der Waals surface area contributed by atoms with Crippen LogP contribution >= 0.6 is 0 Å². The molecule has 0 aliphatic carbocycles. The number of ether oxygens (including phenoxy) is 3. The maximum atomic E-state index is 12.1. The van der Waals surface area contributed by atoms with E-state index in [2.05, 4.69) is 0 Å². The third-order valence-corrected chi connectivity index (χ3v) is 5.63. The van der Waals surface area contributed by atoms with E-state index in [0.29, 0.717) is 0 Å². The topological polar surface area (TPSA) is 247 Å². The second-order valence-corrected chi connectivity index (χ2v) is 7.84. The molecule has 0 aromatic heterocycles. The summed E-state index contributed by atoms with van der Waals surface area (Å²) in [5.41, 5.74) is -1.46. The molecule has 0 bridgehead atoms. The van der Waals surface area contributed by atoms with E-state index in [4.69, 9.17) is 14.2 Å². The largest absolute Gasteiger partial charge is 0.507 e. The number of Topliss-reactive ketones (excluding diaryl/α,β-unsaturated/α-hetero) is 1. The molecule has 2 heterocycles. The average molecular weight is 478 g/mol. The molecule has 0 spiro atoms. The average Bonchev–Trinajstić information content (AvgIpc) is 2.76. The second kappa shape index (κ2) is 9.54. The van der Waals surface area contributed by atoms with Crippen LogP contribution in [0.3, 0.4) is 0 Å². The van der Waals surface area contributed by atoms with Crippen LogP contribution in [-0.4, -0.2) is 119 Å². The normalized spacial score (nSPS) is 37.0. The molecule has 2 aliphatic rings. The van der Waals surface area contributed by atoms with Crippen molar-refractivity contribution in [2.45, 2.75) is 62.0 Å². The molecular formula is C19H26O14. The molecule has 0 saturated carbocycles. The van der Waals surface area contributed by atoms with Gasteiger partial charge in [-0.3, -0.25) is 4.79 Å². The number of carbonyl (C=O) groups excluding carboxylic acids is 1. The van der Waals surface area contributed by atoms with E-state index in [0.717, 1.165) is 6.92 Å². The van der Waals surface area contributed by atoms with Crippen LogP contribution < -0.4 is 4.74 Å². The Morgan fingerprint density at radius 1 is 0.909 bits per heavy atom. The summed E-state index contributed by atoms with van der Waals surface area (Å²) < 4.78 is 15.6. The van der Waals surface area contributed by atoms with E-state index < -0.39 is 108 Å². The highest BCUT2D eigenvalue weighted by Gasteiger charge is 2.47. The Hall–Kier alpha value is -2.27. The van der Waals surface area contributed by atoms with E-state index in [1.807, 2.05) is 0 Å². The standard InChI is InChI=1S/C19H26O14/c1-4(21)7-11(25)8(17-15(29)9(23)5(22)3-31-17)13(27)18(12(7)26)33-19-16(30)14(28)10(24)6(2-20)32-19/h5-6,9-10,14-17,19-20,22-30H,2-3H2,1H3/t5-,6-,9+,10-,14+,15-,16-,17+,19+/m1/s1. The summed E-state index contributed by atoms with van der Waals surface area (Å²) in [6.45, 7) is -0.379. The van der Waals surface area contributed by atoms with Gasteiger partial charge in [0.15, 0.2) is 17.3 Å². The van der Waals surface area contributed by atoms with Crippen LogP contribution in [0.1, 0.15) is 28.9 Å². The number of benzene rings is 1. The number of carbonyl (C=O) groups is 1. The molecule has 14 nitrogen and oxygen atoms in total. The van der Waals surface area contributed by atoms with Crippen molar-refractivity contribution in [1.82, 2.24) is 0 Å². The molecule has 2 fully saturated rings. The van der Waals surface area contributed by atoms with Crippen molar-refractivity contribution in [3.63, 3.8) is 0 Å². The number of aromatic hydroxyl groups is 3. The molecule has 9 atom stereocenters. The Morgan fingerprint density at radius 3 is 2.12 bits per heavy atom. The molecule has 2 aliphatic heterocycles. The van der Waals surface area contributed by atoms with Crippen LogP contribution in [0.15, 0.2) is 0 Å². The third kappa shape index (κ3) is 4.32. The van der Waals surface area contributed by atoms with Gasteiger partial charge >= 0.3 is 0 Å². The number of phenolic OH excluding ortho intramolecular Hbond substituents is 3. The summed E-state index contributed by atoms with van der Waals surface area (Å²) in [6, 6.07) is 0. The maximum Gasteiger partial charge on any atom is 0.229 e. The Morgan fingerprint density at radius 2 is 1.55 bits per heavy atom. The predicted molar refractivity (Wildman–Crippen MR) is 103 cm³/mol. The van der Waals surface area contributed by atoms with Gasteiger partial charge in [0.05, 0.1) is 18.8 Å². The van der Waals surface area contributed by atoms with Crippen molar-refractivity contribution in [3.8, 4) is 23.0 Å². The van der Waals surface area contributed by atoms with Crippen molar-refractivity contribution in [2.24, 2.45) is 0 Å². The molecule has 0 amide bonds. The van der Waals surface area contributed by atoms with Gasteiger partial charge < -0.3 is 65.3 Å². The summed E-state index contributed by atoms with van der Waals surface area (Å²) in [4.78, 5) is 12.1. The van der Waals surface area contributed by atoms with Gasteiger partial charge in [-0.1, -0.05) is 0 Å². The number of aliphatic hydroxyl groups is 7. The zero-order valence-corrected chi connectivity index (χ0v) is 17.2. The van der Waals surface area contributed by atoms with Gasteiger partial charge in [-0.25, -0.2) is 0 Å². The second-order valence-electron chi connectivity index (χ2n) is 7.84. The molecule has 10 N–H and O–H groups in total. The highest BCUT2D eigenvalue weighted by molar-refractivity contribution is 6.01. The van der Waals surface area contributed by atoms with E-state index in [1.165, 1.54) is 0 Å². The highest BCUT2D eigenvalue weighted by atomic mass is 16.7. The lowest BCUT2D eigenvalue weighted by Crippen LogP contribution is -2.60. The predicted octanol–water partition coefficient (Wildman–Crippen LogP) is -3.66. The quantitative estimate of drug-likeness (QED) is 0.183. The highest BCUT2D eigenvalue weighted by Crippen LogP contribution is 2.52. The van der Waals surface area contributed by atoms with Crippen LogP contribution in [0.25, 0.3) is 0 Å². The molecule has 2 saturated heterocycles. The molecule has 186 valence electrons. The molecule has 33 heavy (non-hydrogen) atoms. The number of aliphatic hydroxyl groups excluding tert-OH is 7. The number of rotatable bonds is 5. The SMILES string of the molecule is CC(=O)c1c(O)c(O[C@@H]2O[C@H](CO)[C@@H](O)[C@H](O)[C@H]2O)c(O)c([C@@H]2OC[C@@H](O)[C@H](O)[C@H]2O)c1O. The lowest BCUT2D eigenvalue weighted by molar-refractivity contribution is -0.277. The van der Waals surface area contributed by atoms with Crippen LogP contribution in [-0.2, 0) is 9.47 Å². The van der Waals surface area contributed by atoms with Crippen LogP contribution in [0.4, 0.5) is 0 Å². The van der Waals surface area contributed by atoms with Crippen molar-refractivity contribution in [3.05, 3.63) is 11.1 Å². The molecule has 0 unspecified atom stereocenters. The Balaban J connectivity index is 2.10. The summed E-state index contributed by atoms with van der Waals surface area (Å²) in [5, 5.41) is 101. The molecule has 3 rings (SSSR count). The van der Waals surface area contributed by atoms with Crippen LogP contribution in [0.2, 0.25) is 0 Å². The number of hydrogen-bond acceptors (Lipinski definition) is 14. The zero-order valence-electron chi connectivity index (χ0n) is 17.2. The molecule has 1 aromatic carbocycles. The summed E-state index contributed by atoms with van der Waals surface area (Å²) >= 11 is 0. The van der Waals surface area contributed by atoms with Crippen LogP contribution in [0.5, 0.6) is 23.0 Å². The molecule has 0 radical (unpaired) electrons. The van der Waals surface area contributed by atoms with Crippen LogP contribution in [0, 0.1) is 0 Å². The fourth-order valence-corrected chi connectivity index (χ4v) is 3.76. The fourth-order valence-electron chi connectivity index (χ4n) is 3.76. The van der Waals surface area contributed by atoms with E-state index in [1.54, 1.807) is 0 Å².